The number of aromatic nitrogens is 2. The van der Waals surface area contributed by atoms with E-state index in [1.165, 1.54) is 44.4 Å². The van der Waals surface area contributed by atoms with Gasteiger partial charge >= 0.3 is 6.03 Å². The van der Waals surface area contributed by atoms with Crippen LogP contribution in [0.2, 0.25) is 0 Å². The number of amides is 2. The van der Waals surface area contributed by atoms with Gasteiger partial charge in [-0.1, -0.05) is 6.42 Å². The highest BCUT2D eigenvalue weighted by Crippen LogP contribution is 2.30. The predicted octanol–water partition coefficient (Wildman–Crippen LogP) is 4.09. The summed E-state index contributed by atoms with van der Waals surface area (Å²) in [5, 5.41) is 10.3. The van der Waals surface area contributed by atoms with Gasteiger partial charge in [0.15, 0.2) is 5.82 Å². The molecule has 2 unspecified atom stereocenters. The van der Waals surface area contributed by atoms with Gasteiger partial charge in [0.1, 0.15) is 5.82 Å². The average molecular weight is 400 g/mol. The van der Waals surface area contributed by atoms with Gasteiger partial charge in [-0.2, -0.15) is 0 Å². The molecule has 1 aromatic heterocycles. The number of urea groups is 1. The van der Waals surface area contributed by atoms with E-state index in [0.29, 0.717) is 11.7 Å². The van der Waals surface area contributed by atoms with E-state index in [9.17, 15) is 9.18 Å². The van der Waals surface area contributed by atoms with Crippen LogP contribution in [0.15, 0.2) is 30.5 Å². The van der Waals surface area contributed by atoms with Crippen LogP contribution in [0.4, 0.5) is 15.0 Å². The number of rotatable bonds is 5. The smallest absolute Gasteiger partial charge is 0.320 e. The van der Waals surface area contributed by atoms with E-state index in [1.54, 1.807) is 23.0 Å². The van der Waals surface area contributed by atoms with Gasteiger partial charge in [-0.05, 0) is 75.8 Å². The van der Waals surface area contributed by atoms with Crippen molar-refractivity contribution in [1.82, 2.24) is 20.0 Å². The molecule has 1 saturated heterocycles. The summed E-state index contributed by atoms with van der Waals surface area (Å²) in [5.74, 6) is 0.677. The number of likely N-dealkylation sites (tertiary alicyclic amines) is 1. The minimum atomic E-state index is -0.274. The van der Waals surface area contributed by atoms with Crippen molar-refractivity contribution in [3.05, 3.63) is 41.8 Å². The number of hydrogen-bond acceptors (Lipinski definition) is 3. The second kappa shape index (κ2) is 8.53. The molecular formula is C22H30FN5O. The van der Waals surface area contributed by atoms with E-state index in [-0.39, 0.29) is 17.9 Å². The SMILES string of the molecule is Cc1cc(F)ccc1-n1ccc(NC(=O)NC(C)C2CCCN(C3CCC3)C2)n1. The molecule has 2 aliphatic rings. The average Bonchev–Trinajstić information content (AvgIpc) is 3.08. The Morgan fingerprint density at radius 3 is 2.79 bits per heavy atom. The maximum Gasteiger partial charge on any atom is 0.320 e. The summed E-state index contributed by atoms with van der Waals surface area (Å²) in [5.41, 5.74) is 1.57. The normalized spacial score (nSPS) is 21.4. The Kier molecular flexibility index (Phi) is 5.85. The lowest BCUT2D eigenvalue weighted by Gasteiger charge is -2.43. The first-order chi connectivity index (χ1) is 14.0. The highest BCUT2D eigenvalue weighted by Gasteiger charge is 2.31. The molecular weight excluding hydrogens is 369 g/mol. The lowest BCUT2D eigenvalue weighted by Crippen LogP contribution is -2.51. The number of hydrogen-bond donors (Lipinski definition) is 2. The Bertz CT molecular complexity index is 863. The molecule has 2 heterocycles. The number of piperidine rings is 1. The van der Waals surface area contributed by atoms with Gasteiger partial charge in [0.25, 0.3) is 0 Å². The summed E-state index contributed by atoms with van der Waals surface area (Å²) in [6.07, 6.45) is 8.12. The fourth-order valence-electron chi connectivity index (χ4n) is 4.41. The number of benzene rings is 1. The largest absolute Gasteiger partial charge is 0.335 e. The van der Waals surface area contributed by atoms with E-state index in [2.05, 4.69) is 27.6 Å². The zero-order valence-electron chi connectivity index (χ0n) is 17.2. The second-order valence-electron chi connectivity index (χ2n) is 8.45. The van der Waals surface area contributed by atoms with E-state index < -0.39 is 0 Å². The van der Waals surface area contributed by atoms with Gasteiger partial charge < -0.3 is 10.2 Å². The first-order valence-electron chi connectivity index (χ1n) is 10.6. The van der Waals surface area contributed by atoms with Crippen molar-refractivity contribution in [2.75, 3.05) is 18.4 Å². The molecule has 4 rings (SSSR count). The van der Waals surface area contributed by atoms with Crippen LogP contribution >= 0.6 is 0 Å². The number of nitrogens with one attached hydrogen (secondary N) is 2. The van der Waals surface area contributed by atoms with Crippen molar-refractivity contribution in [2.45, 2.75) is 58.0 Å². The molecule has 6 nitrogen and oxygen atoms in total. The fourth-order valence-corrected chi connectivity index (χ4v) is 4.41. The van der Waals surface area contributed by atoms with Gasteiger partial charge in [-0.15, -0.1) is 5.10 Å². The van der Waals surface area contributed by atoms with Crippen LogP contribution < -0.4 is 10.6 Å². The lowest BCUT2D eigenvalue weighted by atomic mass is 9.86. The van der Waals surface area contributed by atoms with E-state index in [0.717, 1.165) is 30.3 Å². The highest BCUT2D eigenvalue weighted by atomic mass is 19.1. The van der Waals surface area contributed by atoms with Crippen LogP contribution in [0.5, 0.6) is 0 Å². The summed E-state index contributed by atoms with van der Waals surface area (Å²) in [6, 6.07) is 6.93. The molecule has 7 heteroatoms. The molecule has 2 aromatic rings. The third-order valence-electron chi connectivity index (χ3n) is 6.38. The molecule has 29 heavy (non-hydrogen) atoms. The van der Waals surface area contributed by atoms with Gasteiger partial charge in [0.2, 0.25) is 0 Å². The summed E-state index contributed by atoms with van der Waals surface area (Å²) >= 11 is 0. The second-order valence-corrected chi connectivity index (χ2v) is 8.45. The van der Waals surface area contributed by atoms with Crippen LogP contribution in [0.3, 0.4) is 0 Å². The molecule has 2 atom stereocenters. The molecule has 0 spiro atoms. The van der Waals surface area contributed by atoms with E-state index >= 15 is 0 Å². The van der Waals surface area contributed by atoms with E-state index in [1.807, 2.05) is 6.92 Å². The number of anilines is 1. The van der Waals surface area contributed by atoms with Gasteiger partial charge in [-0.25, -0.2) is 13.9 Å². The van der Waals surface area contributed by atoms with Gasteiger partial charge in [0, 0.05) is 30.9 Å². The molecule has 0 bridgehead atoms. The molecule has 0 radical (unpaired) electrons. The Hall–Kier alpha value is -2.41. The maximum absolute atomic E-state index is 13.3. The van der Waals surface area contributed by atoms with Crippen LogP contribution in [0.25, 0.3) is 5.69 Å². The molecule has 1 saturated carbocycles. The topological polar surface area (TPSA) is 62.2 Å². The minimum Gasteiger partial charge on any atom is -0.335 e. The molecule has 1 aliphatic carbocycles. The third kappa shape index (κ3) is 4.61. The molecule has 2 N–H and O–H groups in total. The highest BCUT2D eigenvalue weighted by molar-refractivity contribution is 5.88. The van der Waals surface area contributed by atoms with Crippen molar-refractivity contribution >= 4 is 11.8 Å². The summed E-state index contributed by atoms with van der Waals surface area (Å²) in [4.78, 5) is 15.1. The lowest BCUT2D eigenvalue weighted by molar-refractivity contribution is 0.0681. The molecule has 1 aliphatic heterocycles. The Labute approximate surface area is 171 Å². The molecule has 2 fully saturated rings. The Morgan fingerprint density at radius 1 is 1.24 bits per heavy atom. The maximum atomic E-state index is 13.3. The number of aryl methyl sites for hydroxylation is 1. The number of carbonyl (C=O) groups excluding carboxylic acids is 1. The zero-order chi connectivity index (χ0) is 20.4. The number of nitrogens with zero attached hydrogens (tertiary/aromatic N) is 3. The quantitative estimate of drug-likeness (QED) is 0.796. The third-order valence-corrected chi connectivity index (χ3v) is 6.38. The van der Waals surface area contributed by atoms with Crippen molar-refractivity contribution in [2.24, 2.45) is 5.92 Å². The first kappa shape index (κ1) is 19.9. The summed E-state index contributed by atoms with van der Waals surface area (Å²) in [6.45, 7) is 6.19. The van der Waals surface area contributed by atoms with Gasteiger partial charge in [-0.3, -0.25) is 5.32 Å². The predicted molar refractivity (Wildman–Crippen MR) is 112 cm³/mol. The summed E-state index contributed by atoms with van der Waals surface area (Å²) in [7, 11) is 0. The molecule has 2 amide bonds. The molecule has 1 aromatic carbocycles. The van der Waals surface area contributed by atoms with Crippen LogP contribution in [-0.2, 0) is 0 Å². The van der Waals surface area contributed by atoms with Crippen molar-refractivity contribution in [3.8, 4) is 5.69 Å². The molecule has 156 valence electrons. The fraction of sp³-hybridized carbons (Fsp3) is 0.545. The van der Waals surface area contributed by atoms with Gasteiger partial charge in [0.05, 0.1) is 5.69 Å². The number of carbonyl (C=O) groups is 1. The monoisotopic (exact) mass is 399 g/mol. The van der Waals surface area contributed by atoms with Crippen LogP contribution in [0.1, 0.15) is 44.6 Å². The van der Waals surface area contributed by atoms with Crippen molar-refractivity contribution in [3.63, 3.8) is 0 Å². The number of halogens is 1. The minimum absolute atomic E-state index is 0.110. The standard InChI is InChI=1S/C22H30FN5O/c1-15-13-18(23)8-9-20(15)28-12-10-21(26-28)25-22(29)24-16(2)17-5-4-11-27(14-17)19-6-3-7-19/h8-10,12-13,16-17,19H,3-7,11,14H2,1-2H3,(H2,24,25,26,29). The van der Waals surface area contributed by atoms with Crippen LogP contribution in [-0.4, -0.2) is 45.9 Å². The Morgan fingerprint density at radius 2 is 2.07 bits per heavy atom. The van der Waals surface area contributed by atoms with Crippen molar-refractivity contribution < 1.29 is 9.18 Å². The zero-order valence-corrected chi connectivity index (χ0v) is 17.2. The van der Waals surface area contributed by atoms with Crippen molar-refractivity contribution in [1.29, 1.82) is 0 Å². The van der Waals surface area contributed by atoms with Crippen LogP contribution in [0, 0.1) is 18.7 Å². The Balaban J connectivity index is 1.32. The van der Waals surface area contributed by atoms with E-state index in [4.69, 9.17) is 0 Å². The summed E-state index contributed by atoms with van der Waals surface area (Å²) < 4.78 is 15.0. The first-order valence-corrected chi connectivity index (χ1v) is 10.6.